The molecule has 1 rings (SSSR count). The highest BCUT2D eigenvalue weighted by Gasteiger charge is 2.26. The molecule has 0 aromatic heterocycles. The summed E-state index contributed by atoms with van der Waals surface area (Å²) in [4.78, 5) is 12.3. The molecule has 2 nitrogen and oxygen atoms in total. The van der Waals surface area contributed by atoms with Crippen molar-refractivity contribution in [3.8, 4) is 0 Å². The Morgan fingerprint density at radius 1 is 1.62 bits per heavy atom. The van der Waals surface area contributed by atoms with Crippen molar-refractivity contribution in [1.29, 1.82) is 0 Å². The first kappa shape index (κ1) is 10.6. The minimum absolute atomic E-state index is 0.0606. The number of likely N-dealkylation sites (tertiary alicyclic amines) is 1. The van der Waals surface area contributed by atoms with Crippen molar-refractivity contribution in [2.45, 2.75) is 25.7 Å². The number of aldehydes is 1. The molecule has 0 N–H and O–H groups in total. The topological polar surface area (TPSA) is 20.3 Å². The van der Waals surface area contributed by atoms with Crippen LogP contribution in [0, 0.1) is 5.92 Å². The standard InChI is InChI=1S/C9H15F2NO/c1-9(10,11)3-5-12-4-2-8(6-12)7-13/h7-8H,2-6H2,1H3. The Kier molecular flexibility index (Phi) is 3.36. The minimum Gasteiger partial charge on any atom is -0.303 e. The third-order valence-electron chi connectivity index (χ3n) is 2.37. The Hall–Kier alpha value is -0.510. The van der Waals surface area contributed by atoms with Crippen molar-refractivity contribution < 1.29 is 13.6 Å². The number of halogens is 2. The number of hydrogen-bond donors (Lipinski definition) is 0. The van der Waals surface area contributed by atoms with Crippen LogP contribution in [0.4, 0.5) is 8.78 Å². The van der Waals surface area contributed by atoms with Gasteiger partial charge in [-0.25, -0.2) is 8.78 Å². The molecular weight excluding hydrogens is 176 g/mol. The largest absolute Gasteiger partial charge is 0.303 e. The quantitative estimate of drug-likeness (QED) is 0.628. The molecule has 1 saturated heterocycles. The summed E-state index contributed by atoms with van der Waals surface area (Å²) in [6.45, 7) is 2.76. The van der Waals surface area contributed by atoms with E-state index in [-0.39, 0.29) is 12.3 Å². The van der Waals surface area contributed by atoms with E-state index in [1.54, 1.807) is 0 Å². The van der Waals surface area contributed by atoms with E-state index in [9.17, 15) is 13.6 Å². The molecule has 1 aliphatic rings. The number of hydrogen-bond acceptors (Lipinski definition) is 2. The average Bonchev–Trinajstić information content (AvgIpc) is 2.47. The lowest BCUT2D eigenvalue weighted by molar-refractivity contribution is -0.110. The second kappa shape index (κ2) is 4.13. The SMILES string of the molecule is CC(F)(F)CCN1CCC(C=O)C1. The van der Waals surface area contributed by atoms with Crippen molar-refractivity contribution >= 4 is 6.29 Å². The Balaban J connectivity index is 2.21. The molecule has 4 heteroatoms. The van der Waals surface area contributed by atoms with Gasteiger partial charge in [0.1, 0.15) is 6.29 Å². The molecule has 13 heavy (non-hydrogen) atoms. The number of nitrogens with zero attached hydrogens (tertiary/aromatic N) is 1. The summed E-state index contributed by atoms with van der Waals surface area (Å²) in [6, 6.07) is 0. The fourth-order valence-electron chi connectivity index (χ4n) is 1.53. The first-order chi connectivity index (χ1) is 6.01. The van der Waals surface area contributed by atoms with E-state index in [1.165, 1.54) is 0 Å². The van der Waals surface area contributed by atoms with Gasteiger partial charge in [-0.3, -0.25) is 0 Å². The van der Waals surface area contributed by atoms with Crippen LogP contribution in [0.3, 0.4) is 0 Å². The number of alkyl halides is 2. The second-order valence-corrected chi connectivity index (χ2v) is 3.81. The highest BCUT2D eigenvalue weighted by molar-refractivity contribution is 5.54. The summed E-state index contributed by atoms with van der Waals surface area (Å²) in [7, 11) is 0. The van der Waals surface area contributed by atoms with Gasteiger partial charge in [0.05, 0.1) is 0 Å². The summed E-state index contributed by atoms with van der Waals surface area (Å²) < 4.78 is 24.9. The van der Waals surface area contributed by atoms with Gasteiger partial charge in [0.15, 0.2) is 0 Å². The Morgan fingerprint density at radius 3 is 2.77 bits per heavy atom. The van der Waals surface area contributed by atoms with Gasteiger partial charge in [-0.15, -0.1) is 0 Å². The minimum atomic E-state index is -2.58. The lowest BCUT2D eigenvalue weighted by atomic mass is 10.1. The number of carbonyl (C=O) groups excluding carboxylic acids is 1. The maximum atomic E-state index is 12.5. The molecule has 0 bridgehead atoms. The van der Waals surface area contributed by atoms with Crippen LogP contribution >= 0.6 is 0 Å². The van der Waals surface area contributed by atoms with Gasteiger partial charge in [0.2, 0.25) is 5.92 Å². The molecule has 0 saturated carbocycles. The normalized spacial score (nSPS) is 25.0. The van der Waals surface area contributed by atoms with Gasteiger partial charge < -0.3 is 9.69 Å². The van der Waals surface area contributed by atoms with Crippen molar-refractivity contribution in [3.63, 3.8) is 0 Å². The van der Waals surface area contributed by atoms with E-state index >= 15 is 0 Å². The highest BCUT2D eigenvalue weighted by Crippen LogP contribution is 2.20. The van der Waals surface area contributed by atoms with E-state index in [4.69, 9.17) is 0 Å². The third kappa shape index (κ3) is 3.81. The monoisotopic (exact) mass is 191 g/mol. The molecule has 1 unspecified atom stereocenters. The molecule has 1 heterocycles. The van der Waals surface area contributed by atoms with Crippen molar-refractivity contribution in [2.24, 2.45) is 5.92 Å². The molecule has 1 aliphatic heterocycles. The number of carbonyl (C=O) groups is 1. The summed E-state index contributed by atoms with van der Waals surface area (Å²) in [5, 5.41) is 0. The third-order valence-corrected chi connectivity index (χ3v) is 2.37. The van der Waals surface area contributed by atoms with Crippen LogP contribution in [0.2, 0.25) is 0 Å². The molecule has 0 aromatic rings. The van der Waals surface area contributed by atoms with E-state index in [2.05, 4.69) is 0 Å². The molecule has 0 aromatic carbocycles. The van der Waals surface area contributed by atoms with Crippen LogP contribution in [0.25, 0.3) is 0 Å². The van der Waals surface area contributed by atoms with Crippen LogP contribution in [-0.2, 0) is 4.79 Å². The van der Waals surface area contributed by atoms with E-state index in [1.807, 2.05) is 4.90 Å². The molecule has 1 fully saturated rings. The van der Waals surface area contributed by atoms with Gasteiger partial charge in [-0.2, -0.15) is 0 Å². The molecule has 76 valence electrons. The van der Waals surface area contributed by atoms with Gasteiger partial charge >= 0.3 is 0 Å². The van der Waals surface area contributed by atoms with Crippen molar-refractivity contribution in [1.82, 2.24) is 4.90 Å². The average molecular weight is 191 g/mol. The fraction of sp³-hybridized carbons (Fsp3) is 0.889. The molecule has 0 amide bonds. The van der Waals surface area contributed by atoms with Crippen LogP contribution in [0.15, 0.2) is 0 Å². The number of rotatable bonds is 4. The van der Waals surface area contributed by atoms with Gasteiger partial charge in [-0.05, 0) is 19.9 Å². The van der Waals surface area contributed by atoms with Gasteiger partial charge in [0, 0.05) is 25.4 Å². The zero-order valence-electron chi connectivity index (χ0n) is 7.80. The zero-order chi connectivity index (χ0) is 9.90. The molecule has 0 aliphatic carbocycles. The van der Waals surface area contributed by atoms with Crippen LogP contribution in [0.1, 0.15) is 19.8 Å². The Labute approximate surface area is 76.9 Å². The summed E-state index contributed by atoms with van der Waals surface area (Å²) >= 11 is 0. The Morgan fingerprint density at radius 2 is 2.31 bits per heavy atom. The first-order valence-corrected chi connectivity index (χ1v) is 4.57. The van der Waals surface area contributed by atoms with Crippen LogP contribution in [-0.4, -0.2) is 36.7 Å². The predicted octanol–water partition coefficient (Wildman–Crippen LogP) is 1.55. The summed E-state index contributed by atoms with van der Waals surface area (Å²) in [6.07, 6.45) is 1.63. The molecule has 0 spiro atoms. The van der Waals surface area contributed by atoms with E-state index in [0.29, 0.717) is 13.1 Å². The van der Waals surface area contributed by atoms with Crippen molar-refractivity contribution in [3.05, 3.63) is 0 Å². The fourth-order valence-corrected chi connectivity index (χ4v) is 1.53. The first-order valence-electron chi connectivity index (χ1n) is 4.57. The van der Waals surface area contributed by atoms with Crippen LogP contribution < -0.4 is 0 Å². The molecule has 1 atom stereocenters. The second-order valence-electron chi connectivity index (χ2n) is 3.81. The van der Waals surface area contributed by atoms with Crippen LogP contribution in [0.5, 0.6) is 0 Å². The maximum absolute atomic E-state index is 12.5. The molecular formula is C9H15F2NO. The zero-order valence-corrected chi connectivity index (χ0v) is 7.80. The summed E-state index contributed by atoms with van der Waals surface area (Å²) in [5.74, 6) is -2.52. The van der Waals surface area contributed by atoms with Crippen molar-refractivity contribution in [2.75, 3.05) is 19.6 Å². The van der Waals surface area contributed by atoms with E-state index < -0.39 is 5.92 Å². The maximum Gasteiger partial charge on any atom is 0.246 e. The van der Waals surface area contributed by atoms with Gasteiger partial charge in [0.25, 0.3) is 0 Å². The van der Waals surface area contributed by atoms with Gasteiger partial charge in [-0.1, -0.05) is 0 Å². The highest BCUT2D eigenvalue weighted by atomic mass is 19.3. The lowest BCUT2D eigenvalue weighted by Crippen LogP contribution is -2.26. The summed E-state index contributed by atoms with van der Waals surface area (Å²) in [5.41, 5.74) is 0. The predicted molar refractivity (Wildman–Crippen MR) is 45.8 cm³/mol. The lowest BCUT2D eigenvalue weighted by Gasteiger charge is -2.17. The smallest absolute Gasteiger partial charge is 0.246 e. The van der Waals surface area contributed by atoms with E-state index in [0.717, 1.165) is 26.2 Å². The molecule has 0 radical (unpaired) electrons. The Bertz CT molecular complexity index is 179.